The van der Waals surface area contributed by atoms with Crippen molar-refractivity contribution in [1.82, 2.24) is 0 Å². The third kappa shape index (κ3) is 15.1. The van der Waals surface area contributed by atoms with E-state index in [9.17, 15) is 0 Å². The van der Waals surface area contributed by atoms with Gasteiger partial charge in [-0.2, -0.15) is 42.3 Å². The second-order valence-corrected chi connectivity index (χ2v) is 6.47. The van der Waals surface area contributed by atoms with Gasteiger partial charge in [-0.25, -0.2) is 0 Å². The summed E-state index contributed by atoms with van der Waals surface area (Å²) < 4.78 is 1.53. The largest absolute Gasteiger partial charge is 0.668 e. The Balaban J connectivity index is -0.000000128. The molecular formula is C20H39N3Ti. The van der Waals surface area contributed by atoms with E-state index in [4.69, 9.17) is 0 Å². The minimum absolute atomic E-state index is 0.314. The van der Waals surface area contributed by atoms with E-state index in [0.29, 0.717) is 5.41 Å². The molecule has 0 aromatic rings. The van der Waals surface area contributed by atoms with E-state index in [0.717, 1.165) is 0 Å². The van der Waals surface area contributed by atoms with Gasteiger partial charge in [0.25, 0.3) is 0 Å². The normalized spacial score (nSPS) is 13.9. The van der Waals surface area contributed by atoms with Crippen molar-refractivity contribution in [2.75, 3.05) is 42.3 Å². The zero-order chi connectivity index (χ0) is 20.3. The summed E-state index contributed by atoms with van der Waals surface area (Å²) in [4.78, 5) is 0. The van der Waals surface area contributed by atoms with Crippen LogP contribution in [0, 0.1) is 5.41 Å². The second kappa shape index (κ2) is 20.6. The third-order valence-corrected chi connectivity index (χ3v) is 4.79. The molecule has 0 radical (unpaired) electrons. The topological polar surface area (TPSA) is 42.3 Å². The van der Waals surface area contributed by atoms with E-state index in [2.05, 4.69) is 84.2 Å². The zero-order valence-corrected chi connectivity index (χ0v) is 19.5. The molecule has 0 aliphatic heterocycles. The van der Waals surface area contributed by atoms with Gasteiger partial charge in [0.15, 0.2) is 0 Å². The van der Waals surface area contributed by atoms with Gasteiger partial charge in [-0.05, 0) is 0 Å². The van der Waals surface area contributed by atoms with Crippen molar-refractivity contribution < 1.29 is 20.4 Å². The van der Waals surface area contributed by atoms with Crippen molar-refractivity contribution in [3.63, 3.8) is 0 Å². The molecule has 0 aromatic carbocycles. The summed E-state index contributed by atoms with van der Waals surface area (Å²) in [5.74, 6) is 0. The van der Waals surface area contributed by atoms with Gasteiger partial charge >= 0.3 is 81.1 Å². The molecule has 0 saturated heterocycles. The molecule has 0 amide bonds. The average molecular weight is 369 g/mol. The SMILES string of the molecule is C=CC=C.CC1=C(C)C(C)(C)[C]([Ti+3])=C1C.C[N-]C.C[N-]C.C[N-]C. The Bertz CT molecular complexity index is 344. The molecule has 0 atom stereocenters. The van der Waals surface area contributed by atoms with Crippen LogP contribution in [0.2, 0.25) is 0 Å². The van der Waals surface area contributed by atoms with Crippen LogP contribution in [0.5, 0.6) is 0 Å². The van der Waals surface area contributed by atoms with E-state index in [1.165, 1.54) is 20.6 Å². The molecule has 1 aliphatic carbocycles. The number of rotatable bonds is 1. The Kier molecular flexibility index (Phi) is 26.9. The summed E-state index contributed by atoms with van der Waals surface area (Å²) in [6.45, 7) is 18.0. The van der Waals surface area contributed by atoms with Gasteiger partial charge in [0.2, 0.25) is 0 Å². The van der Waals surface area contributed by atoms with Crippen LogP contribution in [0.25, 0.3) is 16.0 Å². The van der Waals surface area contributed by atoms with Gasteiger partial charge in [-0.3, -0.25) is 0 Å². The zero-order valence-electron chi connectivity index (χ0n) is 17.9. The van der Waals surface area contributed by atoms with Crippen molar-refractivity contribution in [3.05, 3.63) is 61.9 Å². The van der Waals surface area contributed by atoms with Crippen LogP contribution < -0.4 is 0 Å². The van der Waals surface area contributed by atoms with Crippen LogP contribution in [-0.4, -0.2) is 42.3 Å². The minimum atomic E-state index is 0.314. The fourth-order valence-electron chi connectivity index (χ4n) is 1.59. The summed E-state index contributed by atoms with van der Waals surface area (Å²) in [5, 5.41) is 10.5. The Labute approximate surface area is 164 Å². The first-order valence-electron chi connectivity index (χ1n) is 7.83. The van der Waals surface area contributed by atoms with Crippen molar-refractivity contribution in [3.8, 4) is 0 Å². The van der Waals surface area contributed by atoms with E-state index in [1.54, 1.807) is 54.4 Å². The third-order valence-electron chi connectivity index (χ3n) is 3.23. The Hall–Kier alpha value is -0.446. The standard InChI is InChI=1S/C10H15.C4H6.3C2H6N.Ti/c1-7-6-10(4,5)9(3)8(7)2;1-3-4-2;3*1-3-2;/h1-5H3;3-4H,1-2H2;3*1-2H3;/q;;3*-1;+3. The Morgan fingerprint density at radius 2 is 1.00 bits per heavy atom. The fourth-order valence-corrected chi connectivity index (χ4v) is 2.18. The van der Waals surface area contributed by atoms with Crippen LogP contribution in [0.4, 0.5) is 0 Å². The van der Waals surface area contributed by atoms with Crippen LogP contribution >= 0.6 is 0 Å². The number of allylic oxidation sites excluding steroid dienone is 6. The quantitative estimate of drug-likeness (QED) is 0.379. The van der Waals surface area contributed by atoms with Gasteiger partial charge in [0, 0.05) is 0 Å². The second-order valence-electron chi connectivity index (χ2n) is 5.69. The smallest absolute Gasteiger partial charge is 0.162 e. The summed E-state index contributed by atoms with van der Waals surface area (Å²) in [6, 6.07) is 0. The van der Waals surface area contributed by atoms with Crippen LogP contribution in [0.1, 0.15) is 34.6 Å². The van der Waals surface area contributed by atoms with Gasteiger partial charge in [0.05, 0.1) is 0 Å². The van der Waals surface area contributed by atoms with Gasteiger partial charge < -0.3 is 16.0 Å². The van der Waals surface area contributed by atoms with Crippen LogP contribution in [0.3, 0.4) is 0 Å². The van der Waals surface area contributed by atoms with Crippen molar-refractivity contribution in [2.45, 2.75) is 34.6 Å². The van der Waals surface area contributed by atoms with Crippen molar-refractivity contribution in [2.24, 2.45) is 5.41 Å². The molecule has 3 nitrogen and oxygen atoms in total. The molecule has 0 aromatic heterocycles. The fraction of sp³-hybridized carbons (Fsp3) is 0.600. The van der Waals surface area contributed by atoms with Crippen LogP contribution in [0.15, 0.2) is 45.9 Å². The molecule has 24 heavy (non-hydrogen) atoms. The molecule has 1 aliphatic rings. The predicted molar refractivity (Wildman–Crippen MR) is 111 cm³/mol. The van der Waals surface area contributed by atoms with Gasteiger partial charge in [-0.15, -0.1) is 0 Å². The van der Waals surface area contributed by atoms with E-state index < -0.39 is 0 Å². The maximum absolute atomic E-state index is 3.50. The molecule has 0 heterocycles. The number of hydrogen-bond acceptors (Lipinski definition) is 0. The van der Waals surface area contributed by atoms with Crippen molar-refractivity contribution >= 4 is 0 Å². The Morgan fingerprint density at radius 3 is 1.04 bits per heavy atom. The maximum Gasteiger partial charge on any atom is -0.162 e. The molecule has 138 valence electrons. The molecule has 0 N–H and O–H groups in total. The molecule has 4 heteroatoms. The summed E-state index contributed by atoms with van der Waals surface area (Å²) in [7, 11) is 10.5. The summed E-state index contributed by atoms with van der Waals surface area (Å²) in [5.41, 5.74) is 4.83. The number of hydrogen-bond donors (Lipinski definition) is 0. The predicted octanol–water partition coefficient (Wildman–Crippen LogP) is 6.40. The molecule has 0 fully saturated rings. The maximum atomic E-state index is 3.50. The molecule has 0 bridgehead atoms. The van der Waals surface area contributed by atoms with E-state index in [-0.39, 0.29) is 0 Å². The minimum Gasteiger partial charge on any atom is -0.668 e. The molecule has 0 unspecified atom stereocenters. The molecular weight excluding hydrogens is 330 g/mol. The average Bonchev–Trinajstić information content (AvgIpc) is 2.65. The first-order valence-corrected chi connectivity index (χ1v) is 8.61. The molecule has 0 spiro atoms. The van der Waals surface area contributed by atoms with E-state index >= 15 is 0 Å². The Morgan fingerprint density at radius 1 is 0.750 bits per heavy atom. The van der Waals surface area contributed by atoms with Crippen LogP contribution in [-0.2, 0) is 20.4 Å². The molecule has 1 rings (SSSR count). The summed E-state index contributed by atoms with van der Waals surface area (Å²) >= 11 is 2.25. The summed E-state index contributed by atoms with van der Waals surface area (Å²) in [6.07, 6.45) is 3.28. The molecule has 0 saturated carbocycles. The van der Waals surface area contributed by atoms with Crippen molar-refractivity contribution in [1.29, 1.82) is 0 Å². The van der Waals surface area contributed by atoms with Gasteiger partial charge in [0.1, 0.15) is 0 Å². The monoisotopic (exact) mass is 369 g/mol. The first-order chi connectivity index (χ1) is 11.0. The number of nitrogens with zero attached hydrogens (tertiary/aromatic N) is 3. The van der Waals surface area contributed by atoms with Gasteiger partial charge in [-0.1, -0.05) is 25.3 Å². The first kappa shape index (κ1) is 31.3. The van der Waals surface area contributed by atoms with E-state index in [1.807, 2.05) is 0 Å².